The SMILES string of the molecule is C#CCNC(=O)c1nnn(C2CCN(C(=O)OC(C)(C)C)CC2)c1C. The molecule has 0 spiro atoms. The van der Waals surface area contributed by atoms with Gasteiger partial charge in [0.25, 0.3) is 5.91 Å². The van der Waals surface area contributed by atoms with Crippen LogP contribution in [0, 0.1) is 19.3 Å². The first kappa shape index (κ1) is 18.8. The van der Waals surface area contributed by atoms with Crippen LogP contribution in [0.2, 0.25) is 0 Å². The third-order valence-corrected chi connectivity index (χ3v) is 3.96. The van der Waals surface area contributed by atoms with Crippen molar-refractivity contribution < 1.29 is 14.3 Å². The van der Waals surface area contributed by atoms with E-state index in [-0.39, 0.29) is 30.3 Å². The molecule has 2 rings (SSSR count). The van der Waals surface area contributed by atoms with Crippen LogP contribution in [-0.4, -0.2) is 57.1 Å². The summed E-state index contributed by atoms with van der Waals surface area (Å²) < 4.78 is 7.16. The summed E-state index contributed by atoms with van der Waals surface area (Å²) in [7, 11) is 0. The van der Waals surface area contributed by atoms with E-state index in [0.29, 0.717) is 18.8 Å². The first-order valence-corrected chi connectivity index (χ1v) is 8.34. The molecule has 1 aliphatic rings. The maximum atomic E-state index is 12.1. The number of likely N-dealkylation sites (tertiary alicyclic amines) is 1. The Labute approximate surface area is 147 Å². The van der Waals surface area contributed by atoms with Crippen molar-refractivity contribution in [3.8, 4) is 12.3 Å². The molecule has 136 valence electrons. The smallest absolute Gasteiger partial charge is 0.410 e. The van der Waals surface area contributed by atoms with Gasteiger partial charge in [0.2, 0.25) is 0 Å². The van der Waals surface area contributed by atoms with Gasteiger partial charge in [-0.3, -0.25) is 4.79 Å². The number of hydrogen-bond donors (Lipinski definition) is 1. The molecule has 8 heteroatoms. The lowest BCUT2D eigenvalue weighted by atomic mass is 10.1. The minimum atomic E-state index is -0.503. The van der Waals surface area contributed by atoms with E-state index in [1.54, 1.807) is 9.58 Å². The number of nitrogens with zero attached hydrogens (tertiary/aromatic N) is 4. The highest BCUT2D eigenvalue weighted by atomic mass is 16.6. The molecule has 0 aromatic carbocycles. The van der Waals surface area contributed by atoms with Crippen molar-refractivity contribution in [1.29, 1.82) is 0 Å². The van der Waals surface area contributed by atoms with Crippen molar-refractivity contribution in [1.82, 2.24) is 25.2 Å². The topological polar surface area (TPSA) is 89.4 Å². The Morgan fingerprint density at radius 3 is 2.56 bits per heavy atom. The molecule has 0 unspecified atom stereocenters. The van der Waals surface area contributed by atoms with Gasteiger partial charge in [0.1, 0.15) is 5.60 Å². The van der Waals surface area contributed by atoms with E-state index < -0.39 is 5.60 Å². The quantitative estimate of drug-likeness (QED) is 0.838. The van der Waals surface area contributed by atoms with E-state index in [4.69, 9.17) is 11.2 Å². The molecule has 1 saturated heterocycles. The van der Waals surface area contributed by atoms with Gasteiger partial charge in [0.05, 0.1) is 18.3 Å². The fourth-order valence-electron chi connectivity index (χ4n) is 2.73. The molecule has 1 aromatic rings. The number of rotatable bonds is 3. The zero-order chi connectivity index (χ0) is 18.6. The molecule has 0 radical (unpaired) electrons. The predicted molar refractivity (Wildman–Crippen MR) is 92.0 cm³/mol. The normalized spacial score (nSPS) is 15.6. The molecule has 25 heavy (non-hydrogen) atoms. The third kappa shape index (κ3) is 4.72. The minimum absolute atomic E-state index is 0.0976. The molecule has 1 fully saturated rings. The molecular formula is C17H25N5O3. The van der Waals surface area contributed by atoms with Crippen molar-refractivity contribution in [2.45, 2.75) is 52.2 Å². The van der Waals surface area contributed by atoms with Crippen molar-refractivity contribution in [3.63, 3.8) is 0 Å². The van der Waals surface area contributed by atoms with Crippen LogP contribution >= 0.6 is 0 Å². The van der Waals surface area contributed by atoms with E-state index in [1.165, 1.54) is 0 Å². The number of piperidine rings is 1. The van der Waals surface area contributed by atoms with Gasteiger partial charge in [-0.05, 0) is 40.5 Å². The van der Waals surface area contributed by atoms with Gasteiger partial charge in [0, 0.05) is 13.1 Å². The Bertz CT molecular complexity index is 675. The summed E-state index contributed by atoms with van der Waals surface area (Å²) in [5, 5.41) is 10.7. The van der Waals surface area contributed by atoms with Crippen LogP contribution in [0.5, 0.6) is 0 Å². The fourth-order valence-corrected chi connectivity index (χ4v) is 2.73. The highest BCUT2D eigenvalue weighted by molar-refractivity contribution is 5.93. The number of aromatic nitrogens is 3. The minimum Gasteiger partial charge on any atom is -0.444 e. The van der Waals surface area contributed by atoms with Crippen LogP contribution in [0.4, 0.5) is 4.79 Å². The first-order chi connectivity index (χ1) is 11.7. The second kappa shape index (κ2) is 7.55. The average Bonchev–Trinajstić information content (AvgIpc) is 2.93. The Kier molecular flexibility index (Phi) is 5.67. The lowest BCUT2D eigenvalue weighted by molar-refractivity contribution is 0.0183. The molecule has 1 aromatic heterocycles. The standard InChI is InChI=1S/C17H25N5O3/c1-6-9-18-15(23)14-12(2)22(20-19-14)13-7-10-21(11-8-13)16(24)25-17(3,4)5/h1,13H,7-11H2,2-5H3,(H,18,23). The lowest BCUT2D eigenvalue weighted by Gasteiger charge is -2.33. The van der Waals surface area contributed by atoms with Crippen LogP contribution in [0.15, 0.2) is 0 Å². The van der Waals surface area contributed by atoms with Gasteiger partial charge in [-0.15, -0.1) is 11.5 Å². The van der Waals surface area contributed by atoms with Gasteiger partial charge in [-0.2, -0.15) is 0 Å². The second-order valence-corrected chi connectivity index (χ2v) is 7.05. The molecule has 8 nitrogen and oxygen atoms in total. The molecule has 2 heterocycles. The second-order valence-electron chi connectivity index (χ2n) is 7.05. The molecule has 1 aliphatic heterocycles. The van der Waals surface area contributed by atoms with Crippen LogP contribution in [0.1, 0.15) is 55.8 Å². The fraction of sp³-hybridized carbons (Fsp3) is 0.647. The zero-order valence-corrected chi connectivity index (χ0v) is 15.2. The van der Waals surface area contributed by atoms with Crippen LogP contribution in [0.25, 0.3) is 0 Å². The summed E-state index contributed by atoms with van der Waals surface area (Å²) in [4.78, 5) is 25.8. The number of amides is 2. The molecular weight excluding hydrogens is 322 g/mol. The Morgan fingerprint density at radius 2 is 2.00 bits per heavy atom. The summed E-state index contributed by atoms with van der Waals surface area (Å²) in [5.41, 5.74) is 0.479. The predicted octanol–water partition coefficient (Wildman–Crippen LogP) is 1.52. The van der Waals surface area contributed by atoms with E-state index in [2.05, 4.69) is 21.5 Å². The van der Waals surface area contributed by atoms with Gasteiger partial charge < -0.3 is 15.0 Å². The van der Waals surface area contributed by atoms with Crippen LogP contribution in [-0.2, 0) is 4.74 Å². The lowest BCUT2D eigenvalue weighted by Crippen LogP contribution is -2.42. The Morgan fingerprint density at radius 1 is 1.36 bits per heavy atom. The number of carbonyl (C=O) groups is 2. The van der Waals surface area contributed by atoms with Crippen LogP contribution < -0.4 is 5.32 Å². The Balaban J connectivity index is 1.97. The zero-order valence-electron chi connectivity index (χ0n) is 15.2. The highest BCUT2D eigenvalue weighted by Crippen LogP contribution is 2.25. The maximum absolute atomic E-state index is 12.1. The molecule has 0 bridgehead atoms. The summed E-state index contributed by atoms with van der Waals surface area (Å²) >= 11 is 0. The van der Waals surface area contributed by atoms with Gasteiger partial charge in [-0.25, -0.2) is 9.48 Å². The van der Waals surface area contributed by atoms with E-state index in [0.717, 1.165) is 12.8 Å². The third-order valence-electron chi connectivity index (χ3n) is 3.96. The Hall–Kier alpha value is -2.56. The van der Waals surface area contributed by atoms with Crippen LogP contribution in [0.3, 0.4) is 0 Å². The van der Waals surface area contributed by atoms with Gasteiger partial charge >= 0.3 is 6.09 Å². The van der Waals surface area contributed by atoms with Crippen molar-refractivity contribution in [3.05, 3.63) is 11.4 Å². The molecule has 0 aliphatic carbocycles. The maximum Gasteiger partial charge on any atom is 0.410 e. The molecule has 1 N–H and O–H groups in total. The first-order valence-electron chi connectivity index (χ1n) is 8.34. The van der Waals surface area contributed by atoms with Crippen molar-refractivity contribution in [2.75, 3.05) is 19.6 Å². The molecule has 0 saturated carbocycles. The van der Waals surface area contributed by atoms with Gasteiger partial charge in [-0.1, -0.05) is 11.1 Å². The van der Waals surface area contributed by atoms with E-state index >= 15 is 0 Å². The summed E-state index contributed by atoms with van der Waals surface area (Å²) in [6.07, 6.45) is 6.31. The number of hydrogen-bond acceptors (Lipinski definition) is 5. The largest absolute Gasteiger partial charge is 0.444 e. The van der Waals surface area contributed by atoms with E-state index in [9.17, 15) is 9.59 Å². The number of carbonyl (C=O) groups excluding carboxylic acids is 2. The number of nitrogens with one attached hydrogen (secondary N) is 1. The number of ether oxygens (including phenoxy) is 1. The molecule has 0 atom stereocenters. The molecule has 2 amide bonds. The van der Waals surface area contributed by atoms with E-state index in [1.807, 2.05) is 27.7 Å². The average molecular weight is 347 g/mol. The summed E-state index contributed by atoms with van der Waals surface area (Å²) in [6.45, 7) is 8.68. The van der Waals surface area contributed by atoms with Gasteiger partial charge in [0.15, 0.2) is 5.69 Å². The van der Waals surface area contributed by atoms with Crippen molar-refractivity contribution >= 4 is 12.0 Å². The summed E-state index contributed by atoms with van der Waals surface area (Å²) in [5.74, 6) is 2.03. The number of terminal acetylenes is 1. The summed E-state index contributed by atoms with van der Waals surface area (Å²) in [6, 6.07) is 0.0976. The monoisotopic (exact) mass is 347 g/mol. The van der Waals surface area contributed by atoms with Crippen molar-refractivity contribution in [2.24, 2.45) is 0 Å². The highest BCUT2D eigenvalue weighted by Gasteiger charge is 2.29.